The van der Waals surface area contributed by atoms with Crippen LogP contribution in [0.4, 0.5) is 5.69 Å². The Kier molecular flexibility index (Phi) is 6.33. The Morgan fingerprint density at radius 3 is 1.96 bits per heavy atom. The molecule has 0 saturated carbocycles. The van der Waals surface area contributed by atoms with Crippen LogP contribution >= 0.6 is 0 Å². The summed E-state index contributed by atoms with van der Waals surface area (Å²) < 4.78 is 10.3. The van der Waals surface area contributed by atoms with Crippen molar-refractivity contribution in [1.82, 2.24) is 0 Å². The maximum atomic E-state index is 12.5. The van der Waals surface area contributed by atoms with Crippen LogP contribution in [0.5, 0.6) is 5.75 Å². The number of carbonyl (C=O) groups excluding carboxylic acids is 1. The summed E-state index contributed by atoms with van der Waals surface area (Å²) in [5.74, 6) is 0.00481. The second kappa shape index (κ2) is 9.09. The third-order valence-corrected chi connectivity index (χ3v) is 4.82. The van der Waals surface area contributed by atoms with Crippen LogP contribution < -0.4 is 9.64 Å². The van der Waals surface area contributed by atoms with Crippen LogP contribution in [0.3, 0.4) is 0 Å². The van der Waals surface area contributed by atoms with Gasteiger partial charge in [0.05, 0.1) is 14.2 Å². The van der Waals surface area contributed by atoms with Crippen molar-refractivity contribution < 1.29 is 14.3 Å². The molecule has 144 valence electrons. The summed E-state index contributed by atoms with van der Waals surface area (Å²) in [7, 11) is 5.10. The Hall–Kier alpha value is -3.27. The van der Waals surface area contributed by atoms with Gasteiger partial charge in [-0.1, -0.05) is 54.6 Å². The summed E-state index contributed by atoms with van der Waals surface area (Å²) in [4.78, 5) is 14.6. The lowest BCUT2D eigenvalue weighted by Gasteiger charge is -2.21. The molecule has 3 rings (SSSR count). The zero-order chi connectivity index (χ0) is 19.9. The third kappa shape index (κ3) is 4.52. The second-order valence-electron chi connectivity index (χ2n) is 6.66. The van der Waals surface area contributed by atoms with Crippen LogP contribution in [-0.4, -0.2) is 27.2 Å². The molecule has 0 spiro atoms. The normalized spacial score (nSPS) is 11.5. The molecule has 4 nitrogen and oxygen atoms in total. The number of benzene rings is 3. The Morgan fingerprint density at radius 1 is 0.857 bits per heavy atom. The van der Waals surface area contributed by atoms with Gasteiger partial charge in [0, 0.05) is 19.3 Å². The minimum atomic E-state index is -0.468. The standard InChI is InChI=1S/C24H25NO3/c1-25(17-18-7-5-4-6-8-18)21-13-9-19(10-14-21)23(24(26)28-3)20-11-15-22(27-2)16-12-20/h4-16,23H,17H2,1-3H3. The van der Waals surface area contributed by atoms with Crippen molar-refractivity contribution in [3.8, 4) is 5.75 Å². The number of hydrogen-bond donors (Lipinski definition) is 0. The van der Waals surface area contributed by atoms with Gasteiger partial charge in [-0.2, -0.15) is 0 Å². The van der Waals surface area contributed by atoms with Gasteiger partial charge in [0.2, 0.25) is 0 Å². The minimum absolute atomic E-state index is 0.282. The Morgan fingerprint density at radius 2 is 1.43 bits per heavy atom. The molecular formula is C24H25NO3. The lowest BCUT2D eigenvalue weighted by molar-refractivity contribution is -0.141. The SMILES string of the molecule is COC(=O)C(c1ccc(OC)cc1)c1ccc(N(C)Cc2ccccc2)cc1. The lowest BCUT2D eigenvalue weighted by Crippen LogP contribution is -2.18. The van der Waals surface area contributed by atoms with Gasteiger partial charge >= 0.3 is 5.97 Å². The van der Waals surface area contributed by atoms with Crippen molar-refractivity contribution in [2.75, 3.05) is 26.2 Å². The van der Waals surface area contributed by atoms with E-state index < -0.39 is 5.92 Å². The summed E-state index contributed by atoms with van der Waals surface area (Å²) in [6.45, 7) is 0.819. The van der Waals surface area contributed by atoms with Crippen LogP contribution in [0.1, 0.15) is 22.6 Å². The number of carbonyl (C=O) groups is 1. The smallest absolute Gasteiger partial charge is 0.317 e. The first kappa shape index (κ1) is 19.5. The first-order valence-electron chi connectivity index (χ1n) is 9.19. The molecule has 28 heavy (non-hydrogen) atoms. The Labute approximate surface area is 166 Å². The summed E-state index contributed by atoms with van der Waals surface area (Å²) in [6.07, 6.45) is 0. The summed E-state index contributed by atoms with van der Waals surface area (Å²) in [5.41, 5.74) is 4.11. The second-order valence-corrected chi connectivity index (χ2v) is 6.66. The van der Waals surface area contributed by atoms with Gasteiger partial charge in [-0.3, -0.25) is 4.79 Å². The molecule has 4 heteroatoms. The molecule has 0 aliphatic heterocycles. The van der Waals surface area contributed by atoms with E-state index in [1.165, 1.54) is 12.7 Å². The average Bonchev–Trinajstić information content (AvgIpc) is 2.75. The number of rotatable bonds is 7. The van der Waals surface area contributed by atoms with Crippen molar-refractivity contribution in [3.05, 3.63) is 95.6 Å². The van der Waals surface area contributed by atoms with Crippen molar-refractivity contribution in [1.29, 1.82) is 0 Å². The summed E-state index contributed by atoms with van der Waals surface area (Å²) in [5, 5.41) is 0. The number of esters is 1. The molecule has 0 radical (unpaired) electrons. The number of anilines is 1. The van der Waals surface area contributed by atoms with Crippen molar-refractivity contribution in [3.63, 3.8) is 0 Å². The Balaban J connectivity index is 1.82. The molecule has 0 aliphatic carbocycles. The third-order valence-electron chi connectivity index (χ3n) is 4.82. The van der Waals surface area contributed by atoms with E-state index in [0.717, 1.165) is 29.1 Å². The van der Waals surface area contributed by atoms with Crippen LogP contribution in [0, 0.1) is 0 Å². The van der Waals surface area contributed by atoms with Crippen LogP contribution in [0.15, 0.2) is 78.9 Å². The van der Waals surface area contributed by atoms with E-state index >= 15 is 0 Å². The number of methoxy groups -OCH3 is 2. The number of nitrogens with zero attached hydrogens (tertiary/aromatic N) is 1. The van der Waals surface area contributed by atoms with Crippen molar-refractivity contribution in [2.45, 2.75) is 12.5 Å². The van der Waals surface area contributed by atoms with E-state index in [1.807, 2.05) is 66.7 Å². The zero-order valence-corrected chi connectivity index (χ0v) is 16.5. The fourth-order valence-corrected chi connectivity index (χ4v) is 3.25. The fourth-order valence-electron chi connectivity index (χ4n) is 3.25. The lowest BCUT2D eigenvalue weighted by atomic mass is 9.91. The molecule has 0 saturated heterocycles. The van der Waals surface area contributed by atoms with Gasteiger partial charge in [-0.05, 0) is 41.0 Å². The quantitative estimate of drug-likeness (QED) is 0.564. The molecule has 1 unspecified atom stereocenters. The highest BCUT2D eigenvalue weighted by Crippen LogP contribution is 2.29. The van der Waals surface area contributed by atoms with Gasteiger partial charge in [-0.15, -0.1) is 0 Å². The summed E-state index contributed by atoms with van der Waals surface area (Å²) in [6, 6.07) is 25.9. The van der Waals surface area contributed by atoms with Crippen LogP contribution in [-0.2, 0) is 16.1 Å². The van der Waals surface area contributed by atoms with E-state index in [0.29, 0.717) is 0 Å². The largest absolute Gasteiger partial charge is 0.497 e. The van der Waals surface area contributed by atoms with Gasteiger partial charge in [-0.25, -0.2) is 0 Å². The molecule has 3 aromatic rings. The molecule has 1 atom stereocenters. The van der Waals surface area contributed by atoms with E-state index in [1.54, 1.807) is 7.11 Å². The van der Waals surface area contributed by atoms with Gasteiger partial charge in [0.25, 0.3) is 0 Å². The molecule has 0 fully saturated rings. The Bertz CT molecular complexity index is 889. The molecule has 0 aliphatic rings. The molecular weight excluding hydrogens is 350 g/mol. The van der Waals surface area contributed by atoms with Crippen LogP contribution in [0.2, 0.25) is 0 Å². The molecule has 3 aromatic carbocycles. The molecule has 0 aromatic heterocycles. The molecule has 0 N–H and O–H groups in total. The van der Waals surface area contributed by atoms with Crippen molar-refractivity contribution in [2.24, 2.45) is 0 Å². The van der Waals surface area contributed by atoms with Gasteiger partial charge in [0.15, 0.2) is 0 Å². The average molecular weight is 375 g/mol. The van der Waals surface area contributed by atoms with Gasteiger partial charge in [0.1, 0.15) is 11.7 Å². The number of hydrogen-bond acceptors (Lipinski definition) is 4. The van der Waals surface area contributed by atoms with E-state index in [4.69, 9.17) is 9.47 Å². The first-order valence-corrected chi connectivity index (χ1v) is 9.19. The molecule has 0 heterocycles. The van der Waals surface area contributed by atoms with E-state index in [9.17, 15) is 4.79 Å². The summed E-state index contributed by atoms with van der Waals surface area (Å²) >= 11 is 0. The van der Waals surface area contributed by atoms with E-state index in [2.05, 4.69) is 24.1 Å². The first-order chi connectivity index (χ1) is 13.6. The molecule has 0 amide bonds. The highest BCUT2D eigenvalue weighted by atomic mass is 16.5. The predicted molar refractivity (Wildman–Crippen MR) is 112 cm³/mol. The van der Waals surface area contributed by atoms with Crippen molar-refractivity contribution >= 4 is 11.7 Å². The van der Waals surface area contributed by atoms with E-state index in [-0.39, 0.29) is 5.97 Å². The molecule has 0 bridgehead atoms. The van der Waals surface area contributed by atoms with Gasteiger partial charge < -0.3 is 14.4 Å². The maximum absolute atomic E-state index is 12.5. The zero-order valence-electron chi connectivity index (χ0n) is 16.5. The monoisotopic (exact) mass is 375 g/mol. The number of ether oxygens (including phenoxy) is 2. The fraction of sp³-hybridized carbons (Fsp3) is 0.208. The minimum Gasteiger partial charge on any atom is -0.497 e. The van der Waals surface area contributed by atoms with Crippen LogP contribution in [0.25, 0.3) is 0 Å². The topological polar surface area (TPSA) is 38.8 Å². The predicted octanol–water partition coefficient (Wildman–Crippen LogP) is 4.64. The highest BCUT2D eigenvalue weighted by Gasteiger charge is 2.23. The maximum Gasteiger partial charge on any atom is 0.317 e. The highest BCUT2D eigenvalue weighted by molar-refractivity contribution is 5.82.